The van der Waals surface area contributed by atoms with E-state index in [2.05, 4.69) is 0 Å². The second-order valence-corrected chi connectivity index (χ2v) is 11.4. The first kappa shape index (κ1) is 27.2. The Morgan fingerprint density at radius 3 is 2.43 bits per heavy atom. The number of sulfonamides is 1. The summed E-state index contributed by atoms with van der Waals surface area (Å²) in [6.45, 7) is 3.40. The fourth-order valence-corrected chi connectivity index (χ4v) is 6.64. The lowest BCUT2D eigenvalue weighted by Crippen LogP contribution is -2.41. The molecular weight excluding hydrogens is 517 g/mol. The van der Waals surface area contributed by atoms with Gasteiger partial charge in [0.2, 0.25) is 15.9 Å². The van der Waals surface area contributed by atoms with Crippen molar-refractivity contribution in [3.8, 4) is 0 Å². The molecule has 188 valence electrons. The number of hydrogen-bond acceptors (Lipinski definition) is 3. The smallest absolute Gasteiger partial charge is 0.242 e. The molecule has 0 aromatic heterocycles. The molecule has 0 heterocycles. The summed E-state index contributed by atoms with van der Waals surface area (Å²) < 4.78 is 58.0. The molecule has 0 saturated carbocycles. The van der Waals surface area contributed by atoms with Crippen molar-refractivity contribution in [2.45, 2.75) is 44.8 Å². The highest BCUT2D eigenvalue weighted by atomic mass is 35.5. The lowest BCUT2D eigenvalue weighted by Gasteiger charge is -2.33. The minimum absolute atomic E-state index is 0.0267. The van der Waals surface area contributed by atoms with E-state index in [1.807, 2.05) is 0 Å². The Morgan fingerprint density at radius 2 is 1.80 bits per heavy atom. The lowest BCUT2D eigenvalue weighted by molar-refractivity contribution is -0.118. The van der Waals surface area contributed by atoms with Gasteiger partial charge in [-0.2, -0.15) is 0 Å². The number of nitrogens with two attached hydrogens (primary N) is 1. The molecule has 5 nitrogen and oxygen atoms in total. The van der Waals surface area contributed by atoms with Crippen LogP contribution in [0.2, 0.25) is 5.02 Å². The number of primary amides is 1. The van der Waals surface area contributed by atoms with Crippen LogP contribution in [0.5, 0.6) is 0 Å². The molecule has 35 heavy (non-hydrogen) atoms. The van der Waals surface area contributed by atoms with Crippen LogP contribution in [0.25, 0.3) is 0 Å². The van der Waals surface area contributed by atoms with Crippen LogP contribution >= 0.6 is 23.2 Å². The quantitative estimate of drug-likeness (QED) is 0.432. The van der Waals surface area contributed by atoms with E-state index in [1.165, 1.54) is 28.6 Å². The standard InChI is InChI=1S/C25H26Cl2F2N2O3S/c1-15-12-24(16(2)11-20(15)27)35(33,34)31(10-4-7-25(30)32)23-9-8-18(26)13-17(23)14-19-21(28)5-3-6-22(19)29/h3,5-6,8-9,11,13,24H,4,7,10,12,14H2,1-2H3,(H2,30,32). The fraction of sp³-hybridized carbons (Fsp3) is 0.320. The predicted octanol–water partition coefficient (Wildman–Crippen LogP) is 5.84. The zero-order valence-electron chi connectivity index (χ0n) is 19.3. The summed E-state index contributed by atoms with van der Waals surface area (Å²) in [5.74, 6) is -2.06. The predicted molar refractivity (Wildman–Crippen MR) is 136 cm³/mol. The average Bonchev–Trinajstić information content (AvgIpc) is 2.76. The Labute approximate surface area is 214 Å². The van der Waals surface area contributed by atoms with Crippen LogP contribution < -0.4 is 10.0 Å². The van der Waals surface area contributed by atoms with Gasteiger partial charge in [0.15, 0.2) is 0 Å². The topological polar surface area (TPSA) is 80.5 Å². The molecule has 3 rings (SSSR count). The van der Waals surface area contributed by atoms with E-state index in [0.717, 1.165) is 17.7 Å². The van der Waals surface area contributed by atoms with Crippen molar-refractivity contribution < 1.29 is 22.0 Å². The van der Waals surface area contributed by atoms with Gasteiger partial charge in [-0.1, -0.05) is 40.4 Å². The maximum absolute atomic E-state index is 14.4. The van der Waals surface area contributed by atoms with E-state index in [1.54, 1.807) is 19.9 Å². The number of hydrogen-bond donors (Lipinski definition) is 1. The van der Waals surface area contributed by atoms with Crippen molar-refractivity contribution in [3.63, 3.8) is 0 Å². The van der Waals surface area contributed by atoms with E-state index in [4.69, 9.17) is 28.9 Å². The third kappa shape index (κ3) is 6.23. The average molecular weight is 543 g/mol. The normalized spacial score (nSPS) is 16.3. The SMILES string of the molecule is CC1=CC(Cl)=C(C)CC1S(=O)(=O)N(CCCC(N)=O)c1ccc(Cl)cc1Cc1c(F)cccc1F. The molecule has 10 heteroatoms. The Morgan fingerprint density at radius 1 is 1.14 bits per heavy atom. The molecule has 0 fully saturated rings. The van der Waals surface area contributed by atoms with Crippen molar-refractivity contribution in [1.29, 1.82) is 0 Å². The van der Waals surface area contributed by atoms with Gasteiger partial charge < -0.3 is 5.73 Å². The molecule has 0 aliphatic heterocycles. The molecule has 2 aromatic carbocycles. The van der Waals surface area contributed by atoms with Crippen molar-refractivity contribution >= 4 is 44.8 Å². The zero-order chi connectivity index (χ0) is 25.9. The number of amides is 1. The van der Waals surface area contributed by atoms with Gasteiger partial charge in [-0.05, 0) is 68.7 Å². The van der Waals surface area contributed by atoms with Crippen LogP contribution in [-0.2, 0) is 21.2 Å². The molecular formula is C25H26Cl2F2N2O3S. The van der Waals surface area contributed by atoms with Gasteiger partial charge in [0, 0.05) is 35.0 Å². The van der Waals surface area contributed by atoms with Crippen LogP contribution in [0.4, 0.5) is 14.5 Å². The second-order valence-electron chi connectivity index (χ2n) is 8.55. The van der Waals surface area contributed by atoms with E-state index >= 15 is 0 Å². The Balaban J connectivity index is 2.11. The number of allylic oxidation sites excluding steroid dienone is 3. The lowest BCUT2D eigenvalue weighted by atomic mass is 10.00. The molecule has 1 aliphatic carbocycles. The first-order chi connectivity index (χ1) is 16.4. The fourth-order valence-electron chi connectivity index (χ4n) is 4.06. The zero-order valence-corrected chi connectivity index (χ0v) is 21.7. The minimum atomic E-state index is -4.04. The van der Waals surface area contributed by atoms with E-state index in [0.29, 0.717) is 16.2 Å². The third-order valence-corrected chi connectivity index (χ3v) is 8.87. The summed E-state index contributed by atoms with van der Waals surface area (Å²) in [5.41, 5.74) is 6.92. The summed E-state index contributed by atoms with van der Waals surface area (Å²) in [5, 5.41) is -0.113. The van der Waals surface area contributed by atoms with Gasteiger partial charge >= 0.3 is 0 Å². The number of rotatable bonds is 9. The number of nitrogens with zero attached hydrogens (tertiary/aromatic N) is 1. The Bertz CT molecular complexity index is 1290. The highest BCUT2D eigenvalue weighted by Gasteiger charge is 2.36. The maximum atomic E-state index is 14.4. The monoisotopic (exact) mass is 542 g/mol. The summed E-state index contributed by atoms with van der Waals surface area (Å²) in [6.07, 6.45) is 1.74. The molecule has 1 amide bonds. The van der Waals surface area contributed by atoms with Gasteiger partial charge in [-0.3, -0.25) is 9.10 Å². The molecule has 1 atom stereocenters. The molecule has 0 radical (unpaired) electrons. The van der Waals surface area contributed by atoms with E-state index in [9.17, 15) is 22.0 Å². The van der Waals surface area contributed by atoms with Gasteiger partial charge in [0.05, 0.1) is 5.69 Å². The summed E-state index contributed by atoms with van der Waals surface area (Å²) in [7, 11) is -4.04. The van der Waals surface area contributed by atoms with Gasteiger partial charge in [0.1, 0.15) is 16.9 Å². The second kappa shape index (κ2) is 11.1. The van der Waals surface area contributed by atoms with Crippen molar-refractivity contribution in [3.05, 3.63) is 86.4 Å². The minimum Gasteiger partial charge on any atom is -0.370 e. The van der Waals surface area contributed by atoms with Crippen molar-refractivity contribution in [1.82, 2.24) is 0 Å². The molecule has 0 saturated heterocycles. The van der Waals surface area contributed by atoms with Gasteiger partial charge in [0.25, 0.3) is 0 Å². The molecule has 0 spiro atoms. The first-order valence-electron chi connectivity index (χ1n) is 11.0. The molecule has 2 aromatic rings. The Kier molecular flexibility index (Phi) is 8.62. The first-order valence-corrected chi connectivity index (χ1v) is 13.2. The molecule has 1 aliphatic rings. The number of carbonyl (C=O) groups is 1. The van der Waals surface area contributed by atoms with Gasteiger partial charge in [-0.15, -0.1) is 0 Å². The Hall–Kier alpha value is -2.42. The van der Waals surface area contributed by atoms with Crippen molar-refractivity contribution in [2.24, 2.45) is 5.73 Å². The number of benzene rings is 2. The maximum Gasteiger partial charge on any atom is 0.242 e. The molecule has 2 N–H and O–H groups in total. The van der Waals surface area contributed by atoms with Crippen LogP contribution in [0.1, 0.15) is 44.2 Å². The molecule has 1 unspecified atom stereocenters. The van der Waals surface area contributed by atoms with E-state index < -0.39 is 32.8 Å². The highest BCUT2D eigenvalue weighted by molar-refractivity contribution is 7.93. The van der Waals surface area contributed by atoms with Crippen LogP contribution in [0, 0.1) is 11.6 Å². The summed E-state index contributed by atoms with van der Waals surface area (Å²) in [4.78, 5) is 11.4. The van der Waals surface area contributed by atoms with Crippen molar-refractivity contribution in [2.75, 3.05) is 10.8 Å². The van der Waals surface area contributed by atoms with Gasteiger partial charge in [-0.25, -0.2) is 17.2 Å². The number of anilines is 1. The van der Waals surface area contributed by atoms with Crippen LogP contribution in [0.15, 0.2) is 58.7 Å². The highest BCUT2D eigenvalue weighted by Crippen LogP contribution is 2.36. The summed E-state index contributed by atoms with van der Waals surface area (Å²) >= 11 is 12.4. The largest absolute Gasteiger partial charge is 0.370 e. The summed E-state index contributed by atoms with van der Waals surface area (Å²) in [6, 6.07) is 8.05. The molecule has 0 bridgehead atoms. The number of carbonyl (C=O) groups excluding carboxylic acids is 1. The number of halogens is 4. The van der Waals surface area contributed by atoms with Crippen LogP contribution in [0.3, 0.4) is 0 Å². The van der Waals surface area contributed by atoms with Crippen LogP contribution in [-0.4, -0.2) is 26.1 Å². The third-order valence-electron chi connectivity index (χ3n) is 5.95. The van der Waals surface area contributed by atoms with E-state index in [-0.39, 0.29) is 48.5 Å².